The number of esters is 1. The zero-order valence-corrected chi connectivity index (χ0v) is 17.1. The summed E-state index contributed by atoms with van der Waals surface area (Å²) in [5.41, 5.74) is 1.16. The van der Waals surface area contributed by atoms with E-state index in [9.17, 15) is 9.59 Å². The quantitative estimate of drug-likeness (QED) is 0.684. The predicted octanol–water partition coefficient (Wildman–Crippen LogP) is 4.55. The van der Waals surface area contributed by atoms with Gasteiger partial charge in [-0.2, -0.15) is 0 Å². The molecule has 5 aliphatic rings. The van der Waals surface area contributed by atoms with Crippen molar-refractivity contribution in [1.82, 2.24) is 4.90 Å². The van der Waals surface area contributed by atoms with Crippen molar-refractivity contribution in [3.8, 4) is 0 Å². The van der Waals surface area contributed by atoms with Gasteiger partial charge in [-0.3, -0.25) is 4.90 Å². The van der Waals surface area contributed by atoms with Crippen molar-refractivity contribution < 1.29 is 19.1 Å². The highest BCUT2D eigenvalue weighted by atomic mass is 16.6. The van der Waals surface area contributed by atoms with Crippen LogP contribution in [-0.2, 0) is 20.9 Å². The number of hydrogen-bond donors (Lipinski definition) is 0. The van der Waals surface area contributed by atoms with E-state index in [1.54, 1.807) is 4.90 Å². The Morgan fingerprint density at radius 3 is 2.28 bits per heavy atom. The molecule has 5 fully saturated rings. The van der Waals surface area contributed by atoms with E-state index in [0.29, 0.717) is 19.6 Å². The molecule has 1 heterocycles. The van der Waals surface area contributed by atoms with E-state index in [2.05, 4.69) is 0 Å². The highest BCUT2D eigenvalue weighted by Crippen LogP contribution is 2.60. The van der Waals surface area contributed by atoms with Gasteiger partial charge in [0.1, 0.15) is 12.6 Å². The second-order valence-corrected chi connectivity index (χ2v) is 9.92. The van der Waals surface area contributed by atoms with Crippen molar-refractivity contribution in [2.75, 3.05) is 13.2 Å². The van der Waals surface area contributed by atoms with Crippen LogP contribution in [0.15, 0.2) is 30.3 Å². The summed E-state index contributed by atoms with van der Waals surface area (Å²) in [6, 6.07) is 9.13. The summed E-state index contributed by atoms with van der Waals surface area (Å²) in [6.07, 6.45) is 8.94. The number of amides is 1. The first-order valence-corrected chi connectivity index (χ1v) is 11.2. The van der Waals surface area contributed by atoms with Gasteiger partial charge in [-0.1, -0.05) is 30.3 Å². The Morgan fingerprint density at radius 1 is 0.966 bits per heavy atom. The fourth-order valence-corrected chi connectivity index (χ4v) is 6.82. The molecule has 5 nitrogen and oxygen atoms in total. The molecule has 156 valence electrons. The van der Waals surface area contributed by atoms with Gasteiger partial charge in [-0.05, 0) is 74.7 Å². The molecule has 29 heavy (non-hydrogen) atoms. The van der Waals surface area contributed by atoms with Gasteiger partial charge in [-0.15, -0.1) is 0 Å². The first-order valence-electron chi connectivity index (χ1n) is 11.2. The van der Waals surface area contributed by atoms with Crippen molar-refractivity contribution >= 4 is 12.1 Å². The van der Waals surface area contributed by atoms with Crippen molar-refractivity contribution in [3.63, 3.8) is 0 Å². The Morgan fingerprint density at radius 2 is 1.62 bits per heavy atom. The topological polar surface area (TPSA) is 55.8 Å². The first kappa shape index (κ1) is 19.0. The number of rotatable bonds is 5. The lowest BCUT2D eigenvalue weighted by Crippen LogP contribution is -2.49. The van der Waals surface area contributed by atoms with E-state index in [-0.39, 0.29) is 24.1 Å². The maximum Gasteiger partial charge on any atom is 0.410 e. The zero-order valence-electron chi connectivity index (χ0n) is 17.1. The van der Waals surface area contributed by atoms with E-state index in [0.717, 1.165) is 29.7 Å². The van der Waals surface area contributed by atoms with Crippen molar-refractivity contribution in [3.05, 3.63) is 35.9 Å². The molecule has 1 aromatic carbocycles. The fraction of sp³-hybridized carbons (Fsp3) is 0.667. The van der Waals surface area contributed by atoms with Crippen LogP contribution >= 0.6 is 0 Å². The van der Waals surface area contributed by atoms with Gasteiger partial charge >= 0.3 is 12.1 Å². The number of ether oxygens (including phenoxy) is 2. The van der Waals surface area contributed by atoms with Gasteiger partial charge in [-0.25, -0.2) is 9.59 Å². The molecule has 4 bridgehead atoms. The van der Waals surface area contributed by atoms with E-state index in [4.69, 9.17) is 9.47 Å². The summed E-state index contributed by atoms with van der Waals surface area (Å²) >= 11 is 0. The van der Waals surface area contributed by atoms with Crippen LogP contribution in [-0.4, -0.2) is 36.2 Å². The molecule has 6 rings (SSSR count). The molecule has 1 saturated heterocycles. The zero-order chi connectivity index (χ0) is 19.8. The lowest BCUT2D eigenvalue weighted by atomic mass is 9.50. The highest BCUT2D eigenvalue weighted by Gasteiger charge is 2.51. The van der Waals surface area contributed by atoms with Crippen molar-refractivity contribution in [2.45, 2.75) is 64.0 Å². The van der Waals surface area contributed by atoms with E-state index in [1.165, 1.54) is 38.5 Å². The van der Waals surface area contributed by atoms with Crippen LogP contribution in [0.3, 0.4) is 0 Å². The molecule has 1 amide bonds. The number of carbonyl (C=O) groups excluding carboxylic acids is 2. The molecule has 1 aromatic rings. The van der Waals surface area contributed by atoms with Gasteiger partial charge in [0.25, 0.3) is 0 Å². The molecule has 0 spiro atoms. The smallest absolute Gasteiger partial charge is 0.410 e. The second-order valence-electron chi connectivity index (χ2n) is 9.92. The molecular weight excluding hydrogens is 366 g/mol. The monoisotopic (exact) mass is 397 g/mol. The van der Waals surface area contributed by atoms with Crippen LogP contribution in [0, 0.1) is 23.2 Å². The second kappa shape index (κ2) is 7.66. The molecule has 0 radical (unpaired) electrons. The molecule has 1 aliphatic heterocycles. The minimum Gasteiger partial charge on any atom is -0.459 e. The predicted molar refractivity (Wildman–Crippen MR) is 108 cm³/mol. The van der Waals surface area contributed by atoms with Crippen LogP contribution in [0.2, 0.25) is 0 Å². The summed E-state index contributed by atoms with van der Waals surface area (Å²) in [6.45, 7) is 1.34. The van der Waals surface area contributed by atoms with Gasteiger partial charge in [0.15, 0.2) is 0 Å². The lowest BCUT2D eigenvalue weighted by molar-refractivity contribution is -0.150. The molecule has 0 unspecified atom stereocenters. The average Bonchev–Trinajstić information content (AvgIpc) is 3.20. The average molecular weight is 398 g/mol. The number of nitrogens with zero attached hydrogens (tertiary/aromatic N) is 1. The minimum atomic E-state index is -0.512. The molecule has 1 atom stereocenters. The van der Waals surface area contributed by atoms with E-state index in [1.807, 2.05) is 30.3 Å². The Kier molecular flexibility index (Phi) is 5.00. The van der Waals surface area contributed by atoms with Crippen LogP contribution in [0.4, 0.5) is 4.79 Å². The van der Waals surface area contributed by atoms with Gasteiger partial charge in [0, 0.05) is 12.0 Å². The highest BCUT2D eigenvalue weighted by molar-refractivity contribution is 5.82. The van der Waals surface area contributed by atoms with Gasteiger partial charge < -0.3 is 9.47 Å². The van der Waals surface area contributed by atoms with E-state index < -0.39 is 6.04 Å². The molecule has 0 aromatic heterocycles. The SMILES string of the molecule is O=C(OCc1ccccc1)[C@@H]1CCCN1C(=O)OCC12CC3CC(CC(C3)C1)C2. The molecule has 4 saturated carbocycles. The number of likely N-dealkylation sites (tertiary alicyclic amines) is 1. The largest absolute Gasteiger partial charge is 0.459 e. The minimum absolute atomic E-state index is 0.202. The lowest BCUT2D eigenvalue weighted by Gasteiger charge is -2.56. The summed E-state index contributed by atoms with van der Waals surface area (Å²) in [5, 5.41) is 0. The maximum atomic E-state index is 12.8. The van der Waals surface area contributed by atoms with Crippen molar-refractivity contribution in [2.24, 2.45) is 23.2 Å². The standard InChI is InChI=1S/C24H31NO4/c26-22(28-15-17-5-2-1-3-6-17)21-7-4-8-25(21)23(27)29-16-24-12-18-9-19(13-24)11-20(10-18)14-24/h1-3,5-6,18-21H,4,7-16H2/t18?,19?,20?,21-,24?/m0/s1. The summed E-state index contributed by atoms with van der Waals surface area (Å²) < 4.78 is 11.3. The van der Waals surface area contributed by atoms with Crippen LogP contribution < -0.4 is 0 Å². The summed E-state index contributed by atoms with van der Waals surface area (Å²) in [7, 11) is 0. The van der Waals surface area contributed by atoms with Crippen molar-refractivity contribution in [1.29, 1.82) is 0 Å². The van der Waals surface area contributed by atoms with Gasteiger partial charge in [0.2, 0.25) is 0 Å². The molecule has 4 aliphatic carbocycles. The first-order chi connectivity index (χ1) is 14.1. The summed E-state index contributed by atoms with van der Waals surface area (Å²) in [4.78, 5) is 27.0. The third kappa shape index (κ3) is 3.88. The Labute approximate surface area is 172 Å². The normalized spacial score (nSPS) is 35.0. The Hall–Kier alpha value is -2.04. The van der Waals surface area contributed by atoms with Crippen LogP contribution in [0.1, 0.15) is 56.9 Å². The number of carbonyl (C=O) groups is 2. The maximum absolute atomic E-state index is 12.8. The summed E-state index contributed by atoms with van der Waals surface area (Å²) in [5.74, 6) is 2.20. The number of benzene rings is 1. The number of hydrogen-bond acceptors (Lipinski definition) is 4. The van der Waals surface area contributed by atoms with Crippen LogP contribution in [0.5, 0.6) is 0 Å². The molecule has 5 heteroatoms. The Bertz CT molecular complexity index is 726. The third-order valence-corrected chi connectivity index (χ3v) is 7.65. The molecule has 0 N–H and O–H groups in total. The van der Waals surface area contributed by atoms with Crippen LogP contribution in [0.25, 0.3) is 0 Å². The third-order valence-electron chi connectivity index (χ3n) is 7.65. The Balaban J connectivity index is 1.16. The van der Waals surface area contributed by atoms with E-state index >= 15 is 0 Å². The fourth-order valence-electron chi connectivity index (χ4n) is 6.82. The molecular formula is C24H31NO4. The van der Waals surface area contributed by atoms with Gasteiger partial charge in [0.05, 0.1) is 6.61 Å².